The highest BCUT2D eigenvalue weighted by Crippen LogP contribution is 2.41. The molecule has 3 aliphatic heterocycles. The molecule has 1 aromatic rings. The van der Waals surface area contributed by atoms with Crippen molar-refractivity contribution in [2.75, 3.05) is 32.8 Å². The predicted molar refractivity (Wildman–Crippen MR) is 98.4 cm³/mol. The maximum Gasteiger partial charge on any atom is 0.228 e. The van der Waals surface area contributed by atoms with E-state index in [0.717, 1.165) is 38.9 Å². The molecule has 3 saturated heterocycles. The van der Waals surface area contributed by atoms with Crippen LogP contribution in [0.5, 0.6) is 0 Å². The lowest BCUT2D eigenvalue weighted by Gasteiger charge is -2.39. The van der Waals surface area contributed by atoms with E-state index in [1.807, 2.05) is 9.80 Å². The number of aryl methyl sites for hydroxylation is 1. The molecule has 5 heteroatoms. The van der Waals surface area contributed by atoms with Crippen LogP contribution < -0.4 is 0 Å². The van der Waals surface area contributed by atoms with Gasteiger partial charge < -0.3 is 14.5 Å². The van der Waals surface area contributed by atoms with Crippen molar-refractivity contribution in [2.45, 2.75) is 39.2 Å². The summed E-state index contributed by atoms with van der Waals surface area (Å²) in [6.07, 6.45) is 3.35. The Morgan fingerprint density at radius 2 is 2.12 bits per heavy atom. The van der Waals surface area contributed by atoms with Gasteiger partial charge in [-0.25, -0.2) is 0 Å². The smallest absolute Gasteiger partial charge is 0.228 e. The zero-order chi connectivity index (χ0) is 18.1. The first-order valence-electron chi connectivity index (χ1n) is 9.75. The van der Waals surface area contributed by atoms with Gasteiger partial charge in [-0.1, -0.05) is 29.8 Å². The molecule has 0 saturated carbocycles. The van der Waals surface area contributed by atoms with Gasteiger partial charge in [-0.05, 0) is 31.7 Å². The van der Waals surface area contributed by atoms with Gasteiger partial charge in [0.25, 0.3) is 0 Å². The number of piperidine rings is 1. The van der Waals surface area contributed by atoms with Crippen LogP contribution >= 0.6 is 0 Å². The summed E-state index contributed by atoms with van der Waals surface area (Å²) in [6.45, 7) is 6.44. The quantitative estimate of drug-likeness (QED) is 0.835. The fraction of sp³-hybridized carbons (Fsp3) is 0.619. The summed E-state index contributed by atoms with van der Waals surface area (Å²) in [5.41, 5.74) is 2.49. The van der Waals surface area contributed by atoms with E-state index in [0.29, 0.717) is 26.2 Å². The number of likely N-dealkylation sites (tertiary alicyclic amines) is 2. The van der Waals surface area contributed by atoms with E-state index in [1.54, 1.807) is 0 Å². The third kappa shape index (κ3) is 3.50. The van der Waals surface area contributed by atoms with Crippen molar-refractivity contribution in [3.8, 4) is 0 Å². The minimum absolute atomic E-state index is 0.0482. The molecule has 1 aromatic carbocycles. The number of nitrogens with zero attached hydrogens (tertiary/aromatic N) is 2. The molecule has 3 fully saturated rings. The Bertz CT molecular complexity index is 688. The molecule has 0 bridgehead atoms. The van der Waals surface area contributed by atoms with Crippen LogP contribution in [0.3, 0.4) is 0 Å². The number of hydrogen-bond donors (Lipinski definition) is 0. The SMILES string of the molecule is Cc1cccc(CN2CC3(CCN(C(=O)[C@H]4CCOC4)CC3)CC2=O)c1. The van der Waals surface area contributed by atoms with Crippen LogP contribution in [0.1, 0.15) is 36.8 Å². The Kier molecular flexibility index (Phi) is 4.74. The molecule has 3 aliphatic rings. The molecule has 4 rings (SSSR count). The molecule has 140 valence electrons. The zero-order valence-electron chi connectivity index (χ0n) is 15.6. The maximum absolute atomic E-state index is 12.6. The van der Waals surface area contributed by atoms with Crippen LogP contribution in [0.4, 0.5) is 0 Å². The first-order valence-corrected chi connectivity index (χ1v) is 9.75. The minimum Gasteiger partial charge on any atom is -0.381 e. The lowest BCUT2D eigenvalue weighted by atomic mass is 9.77. The molecule has 0 aromatic heterocycles. The van der Waals surface area contributed by atoms with Gasteiger partial charge in [0, 0.05) is 44.6 Å². The first kappa shape index (κ1) is 17.5. The normalized spacial score (nSPS) is 25.3. The van der Waals surface area contributed by atoms with Crippen LogP contribution in [0.25, 0.3) is 0 Å². The molecule has 0 N–H and O–H groups in total. The van der Waals surface area contributed by atoms with E-state index < -0.39 is 0 Å². The van der Waals surface area contributed by atoms with Crippen LogP contribution in [0.2, 0.25) is 0 Å². The molecular weight excluding hydrogens is 328 g/mol. The Morgan fingerprint density at radius 1 is 1.31 bits per heavy atom. The molecule has 3 heterocycles. The maximum atomic E-state index is 12.6. The average molecular weight is 356 g/mol. The van der Waals surface area contributed by atoms with E-state index >= 15 is 0 Å². The number of carbonyl (C=O) groups is 2. The second-order valence-electron chi connectivity index (χ2n) is 8.30. The third-order valence-corrected chi connectivity index (χ3v) is 6.28. The molecular formula is C21H28N2O3. The lowest BCUT2D eigenvalue weighted by molar-refractivity contribution is -0.137. The Balaban J connectivity index is 1.35. The number of hydrogen-bond acceptors (Lipinski definition) is 3. The number of ether oxygens (including phenoxy) is 1. The number of amides is 2. The summed E-state index contributed by atoms with van der Waals surface area (Å²) in [4.78, 5) is 29.2. The van der Waals surface area contributed by atoms with Gasteiger partial charge >= 0.3 is 0 Å². The third-order valence-electron chi connectivity index (χ3n) is 6.28. The number of carbonyl (C=O) groups excluding carboxylic acids is 2. The van der Waals surface area contributed by atoms with Crippen LogP contribution in [0, 0.1) is 18.3 Å². The molecule has 1 spiro atoms. The fourth-order valence-electron chi connectivity index (χ4n) is 4.68. The second kappa shape index (κ2) is 7.03. The Hall–Kier alpha value is -1.88. The van der Waals surface area contributed by atoms with Crippen LogP contribution in [0.15, 0.2) is 24.3 Å². The van der Waals surface area contributed by atoms with Gasteiger partial charge in [-0.2, -0.15) is 0 Å². The van der Waals surface area contributed by atoms with Gasteiger partial charge in [0.05, 0.1) is 12.5 Å². The largest absolute Gasteiger partial charge is 0.381 e. The van der Waals surface area contributed by atoms with Crippen molar-refractivity contribution in [3.63, 3.8) is 0 Å². The molecule has 26 heavy (non-hydrogen) atoms. The predicted octanol–water partition coefficient (Wildman–Crippen LogP) is 2.37. The first-order chi connectivity index (χ1) is 12.5. The van der Waals surface area contributed by atoms with E-state index in [4.69, 9.17) is 4.74 Å². The van der Waals surface area contributed by atoms with Crippen LogP contribution in [-0.4, -0.2) is 54.5 Å². The lowest BCUT2D eigenvalue weighted by Crippen LogP contribution is -2.46. The molecule has 5 nitrogen and oxygen atoms in total. The van der Waals surface area contributed by atoms with Gasteiger partial charge in [-0.3, -0.25) is 9.59 Å². The van der Waals surface area contributed by atoms with Crippen molar-refractivity contribution in [1.82, 2.24) is 9.80 Å². The van der Waals surface area contributed by atoms with Crippen molar-refractivity contribution in [3.05, 3.63) is 35.4 Å². The zero-order valence-corrected chi connectivity index (χ0v) is 15.6. The van der Waals surface area contributed by atoms with Crippen molar-refractivity contribution >= 4 is 11.8 Å². The highest BCUT2D eigenvalue weighted by Gasteiger charge is 2.45. The fourth-order valence-corrected chi connectivity index (χ4v) is 4.68. The van der Waals surface area contributed by atoms with E-state index in [-0.39, 0.29) is 23.1 Å². The second-order valence-corrected chi connectivity index (χ2v) is 8.30. The average Bonchev–Trinajstić information content (AvgIpc) is 3.24. The summed E-state index contributed by atoms with van der Waals surface area (Å²) in [7, 11) is 0. The highest BCUT2D eigenvalue weighted by atomic mass is 16.5. The number of rotatable bonds is 3. The highest BCUT2D eigenvalue weighted by molar-refractivity contribution is 5.81. The van der Waals surface area contributed by atoms with E-state index in [9.17, 15) is 9.59 Å². The summed E-state index contributed by atoms with van der Waals surface area (Å²) < 4.78 is 5.36. The topological polar surface area (TPSA) is 49.9 Å². The van der Waals surface area contributed by atoms with E-state index in [1.165, 1.54) is 11.1 Å². The standard InChI is InChI=1S/C21H28N2O3/c1-16-3-2-4-17(11-16)13-23-15-21(12-19(23)24)6-8-22(9-7-21)20(25)18-5-10-26-14-18/h2-4,11,18H,5-10,12-15H2,1H3/t18-/m0/s1. The van der Waals surface area contributed by atoms with Gasteiger partial charge in [0.2, 0.25) is 11.8 Å². The van der Waals surface area contributed by atoms with Gasteiger partial charge in [0.15, 0.2) is 0 Å². The van der Waals surface area contributed by atoms with Gasteiger partial charge in [0.1, 0.15) is 0 Å². The molecule has 2 amide bonds. The summed E-state index contributed by atoms with van der Waals surface area (Å²) in [5, 5.41) is 0. The van der Waals surface area contributed by atoms with Crippen molar-refractivity contribution < 1.29 is 14.3 Å². The monoisotopic (exact) mass is 356 g/mol. The summed E-state index contributed by atoms with van der Waals surface area (Å²) >= 11 is 0. The molecule has 1 atom stereocenters. The minimum atomic E-state index is 0.0482. The van der Waals surface area contributed by atoms with Gasteiger partial charge in [-0.15, -0.1) is 0 Å². The number of benzene rings is 1. The molecule has 0 aliphatic carbocycles. The summed E-state index contributed by atoms with van der Waals surface area (Å²) in [6, 6.07) is 8.39. The van der Waals surface area contributed by atoms with E-state index in [2.05, 4.69) is 31.2 Å². The Labute approximate surface area is 155 Å². The van der Waals surface area contributed by atoms with Crippen molar-refractivity contribution in [2.24, 2.45) is 11.3 Å². The molecule has 0 radical (unpaired) electrons. The van der Waals surface area contributed by atoms with Crippen molar-refractivity contribution in [1.29, 1.82) is 0 Å². The Morgan fingerprint density at radius 3 is 2.81 bits per heavy atom. The molecule has 0 unspecified atom stereocenters. The summed E-state index contributed by atoms with van der Waals surface area (Å²) in [5.74, 6) is 0.556. The van der Waals surface area contributed by atoms with Crippen LogP contribution in [-0.2, 0) is 20.9 Å².